The maximum absolute atomic E-state index is 10.4. The number of aliphatic hydroxyl groups excluding tert-OH is 1. The monoisotopic (exact) mass is 256 g/mol. The van der Waals surface area contributed by atoms with Gasteiger partial charge in [-0.2, -0.15) is 0 Å². The van der Waals surface area contributed by atoms with E-state index in [0.29, 0.717) is 13.2 Å². The number of aliphatic hydroxyl groups is 1. The molecule has 1 unspecified atom stereocenters. The van der Waals surface area contributed by atoms with Crippen LogP contribution >= 0.6 is 0 Å². The van der Waals surface area contributed by atoms with Crippen LogP contribution in [0, 0.1) is 0 Å². The SMILES string of the molecule is CCOCC(O)C(c1ccccc1)c1ccccc1. The lowest BCUT2D eigenvalue weighted by Crippen LogP contribution is -2.25. The molecule has 2 aromatic rings. The molecule has 0 heterocycles. The fourth-order valence-electron chi connectivity index (χ4n) is 2.29. The van der Waals surface area contributed by atoms with Gasteiger partial charge in [-0.25, -0.2) is 0 Å². The molecule has 2 rings (SSSR count). The van der Waals surface area contributed by atoms with E-state index in [4.69, 9.17) is 4.74 Å². The normalized spacial score (nSPS) is 12.6. The maximum Gasteiger partial charge on any atom is 0.0882 e. The lowest BCUT2D eigenvalue weighted by Gasteiger charge is -2.23. The first-order valence-electron chi connectivity index (χ1n) is 6.68. The second-order valence-corrected chi connectivity index (χ2v) is 4.53. The zero-order chi connectivity index (χ0) is 13.5. The Bertz CT molecular complexity index is 428. The smallest absolute Gasteiger partial charge is 0.0882 e. The molecule has 100 valence electrons. The molecule has 0 radical (unpaired) electrons. The minimum atomic E-state index is -0.537. The Morgan fingerprint density at radius 3 is 1.79 bits per heavy atom. The summed E-state index contributed by atoms with van der Waals surface area (Å²) in [6.45, 7) is 2.91. The predicted molar refractivity (Wildman–Crippen MR) is 77.2 cm³/mol. The molecule has 0 aliphatic heterocycles. The topological polar surface area (TPSA) is 29.5 Å². The van der Waals surface area contributed by atoms with E-state index in [2.05, 4.69) is 0 Å². The van der Waals surface area contributed by atoms with Crippen LogP contribution in [-0.4, -0.2) is 24.4 Å². The summed E-state index contributed by atoms with van der Waals surface area (Å²) in [7, 11) is 0. The number of ether oxygens (including phenoxy) is 1. The van der Waals surface area contributed by atoms with E-state index in [1.165, 1.54) is 0 Å². The lowest BCUT2D eigenvalue weighted by atomic mass is 9.87. The summed E-state index contributed by atoms with van der Waals surface area (Å²) < 4.78 is 5.37. The van der Waals surface area contributed by atoms with E-state index in [1.807, 2.05) is 67.6 Å². The summed E-state index contributed by atoms with van der Waals surface area (Å²) in [6.07, 6.45) is -0.537. The van der Waals surface area contributed by atoms with Crippen molar-refractivity contribution in [1.29, 1.82) is 0 Å². The van der Waals surface area contributed by atoms with Crippen LogP contribution < -0.4 is 0 Å². The number of hydrogen-bond donors (Lipinski definition) is 1. The first-order chi connectivity index (χ1) is 9.33. The minimum Gasteiger partial charge on any atom is -0.390 e. The molecule has 0 aromatic heterocycles. The van der Waals surface area contributed by atoms with Gasteiger partial charge in [-0.3, -0.25) is 0 Å². The number of rotatable bonds is 6. The first-order valence-corrected chi connectivity index (χ1v) is 6.68. The zero-order valence-corrected chi connectivity index (χ0v) is 11.2. The first kappa shape index (κ1) is 13.8. The van der Waals surface area contributed by atoms with Gasteiger partial charge in [0.1, 0.15) is 0 Å². The standard InChI is InChI=1S/C17H20O2/c1-2-19-13-16(18)17(14-9-5-3-6-10-14)15-11-7-4-8-12-15/h3-12,16-18H,2,13H2,1H3. The Morgan fingerprint density at radius 1 is 0.895 bits per heavy atom. The van der Waals surface area contributed by atoms with Gasteiger partial charge in [0.05, 0.1) is 12.7 Å². The van der Waals surface area contributed by atoms with Crippen LogP contribution in [0.1, 0.15) is 24.0 Å². The Morgan fingerprint density at radius 2 is 1.37 bits per heavy atom. The van der Waals surface area contributed by atoms with Crippen molar-refractivity contribution in [2.75, 3.05) is 13.2 Å². The molecule has 0 spiro atoms. The maximum atomic E-state index is 10.4. The van der Waals surface area contributed by atoms with E-state index in [0.717, 1.165) is 11.1 Å². The average Bonchev–Trinajstić information content (AvgIpc) is 2.47. The molecule has 2 heteroatoms. The zero-order valence-electron chi connectivity index (χ0n) is 11.2. The van der Waals surface area contributed by atoms with Crippen LogP contribution in [0.15, 0.2) is 60.7 Å². The molecule has 0 saturated heterocycles. The van der Waals surface area contributed by atoms with Gasteiger partial charge in [-0.1, -0.05) is 60.7 Å². The molecule has 0 bridgehead atoms. The highest BCUT2D eigenvalue weighted by Crippen LogP contribution is 2.28. The molecule has 0 saturated carbocycles. The summed E-state index contributed by atoms with van der Waals surface area (Å²) in [5.74, 6) is -0.0473. The molecule has 0 amide bonds. The fourth-order valence-corrected chi connectivity index (χ4v) is 2.29. The molecule has 2 nitrogen and oxygen atoms in total. The van der Waals surface area contributed by atoms with Crippen LogP contribution in [0.3, 0.4) is 0 Å². The molecule has 2 aromatic carbocycles. The summed E-state index contributed by atoms with van der Waals surface area (Å²) in [5, 5.41) is 10.4. The molecule has 0 fully saturated rings. The van der Waals surface area contributed by atoms with Gasteiger partial charge in [0.25, 0.3) is 0 Å². The molecule has 0 aliphatic carbocycles. The van der Waals surface area contributed by atoms with E-state index < -0.39 is 6.10 Å². The predicted octanol–water partition coefficient (Wildman–Crippen LogP) is 3.22. The van der Waals surface area contributed by atoms with Crippen LogP contribution in [0.2, 0.25) is 0 Å². The highest BCUT2D eigenvalue weighted by Gasteiger charge is 2.22. The van der Waals surface area contributed by atoms with Crippen molar-refractivity contribution < 1.29 is 9.84 Å². The van der Waals surface area contributed by atoms with Crippen molar-refractivity contribution in [3.05, 3.63) is 71.8 Å². The van der Waals surface area contributed by atoms with Crippen LogP contribution in [0.5, 0.6) is 0 Å². The number of benzene rings is 2. The summed E-state index contributed by atoms with van der Waals surface area (Å²) in [6, 6.07) is 20.2. The molecular formula is C17H20O2. The van der Waals surface area contributed by atoms with Gasteiger partial charge in [-0.15, -0.1) is 0 Å². The summed E-state index contributed by atoms with van der Waals surface area (Å²) in [4.78, 5) is 0. The van der Waals surface area contributed by atoms with E-state index in [1.54, 1.807) is 0 Å². The van der Waals surface area contributed by atoms with Crippen molar-refractivity contribution in [3.8, 4) is 0 Å². The van der Waals surface area contributed by atoms with E-state index in [9.17, 15) is 5.11 Å². The average molecular weight is 256 g/mol. The third kappa shape index (κ3) is 3.66. The van der Waals surface area contributed by atoms with Crippen molar-refractivity contribution in [2.45, 2.75) is 18.9 Å². The Labute approximate surface area is 114 Å². The van der Waals surface area contributed by atoms with Crippen molar-refractivity contribution in [1.82, 2.24) is 0 Å². The van der Waals surface area contributed by atoms with Gasteiger partial charge in [0, 0.05) is 12.5 Å². The number of hydrogen-bond acceptors (Lipinski definition) is 2. The third-order valence-electron chi connectivity index (χ3n) is 3.19. The molecule has 0 aliphatic rings. The quantitative estimate of drug-likeness (QED) is 0.860. The van der Waals surface area contributed by atoms with E-state index in [-0.39, 0.29) is 5.92 Å². The van der Waals surface area contributed by atoms with Crippen molar-refractivity contribution in [2.24, 2.45) is 0 Å². The molecule has 19 heavy (non-hydrogen) atoms. The lowest BCUT2D eigenvalue weighted by molar-refractivity contribution is 0.0340. The Kier molecular flexibility index (Phi) is 5.13. The third-order valence-corrected chi connectivity index (χ3v) is 3.19. The summed E-state index contributed by atoms with van der Waals surface area (Å²) >= 11 is 0. The van der Waals surface area contributed by atoms with E-state index >= 15 is 0 Å². The fraction of sp³-hybridized carbons (Fsp3) is 0.294. The van der Waals surface area contributed by atoms with Gasteiger partial charge < -0.3 is 9.84 Å². The van der Waals surface area contributed by atoms with Crippen LogP contribution in [-0.2, 0) is 4.74 Å². The summed E-state index contributed by atoms with van der Waals surface area (Å²) in [5.41, 5.74) is 2.22. The van der Waals surface area contributed by atoms with Gasteiger partial charge in [-0.05, 0) is 18.1 Å². The van der Waals surface area contributed by atoms with Gasteiger partial charge in [0.2, 0.25) is 0 Å². The van der Waals surface area contributed by atoms with Crippen LogP contribution in [0.4, 0.5) is 0 Å². The largest absolute Gasteiger partial charge is 0.390 e. The minimum absolute atomic E-state index is 0.0473. The molecule has 1 N–H and O–H groups in total. The van der Waals surface area contributed by atoms with Crippen molar-refractivity contribution in [3.63, 3.8) is 0 Å². The van der Waals surface area contributed by atoms with Crippen LogP contribution in [0.25, 0.3) is 0 Å². The highest BCUT2D eigenvalue weighted by molar-refractivity contribution is 5.33. The van der Waals surface area contributed by atoms with Gasteiger partial charge >= 0.3 is 0 Å². The second-order valence-electron chi connectivity index (χ2n) is 4.53. The molecular weight excluding hydrogens is 236 g/mol. The van der Waals surface area contributed by atoms with Crippen molar-refractivity contribution >= 4 is 0 Å². The Hall–Kier alpha value is -1.64. The second kappa shape index (κ2) is 7.07. The van der Waals surface area contributed by atoms with Gasteiger partial charge in [0.15, 0.2) is 0 Å². The molecule has 1 atom stereocenters. The Balaban J connectivity index is 2.29. The highest BCUT2D eigenvalue weighted by atomic mass is 16.5.